The molecule has 1 aliphatic rings. The normalized spacial score (nSPS) is 20.0. The van der Waals surface area contributed by atoms with E-state index in [9.17, 15) is 37.9 Å². The maximum absolute atomic E-state index is 12.8. The minimum atomic E-state index is -4.60. The Labute approximate surface area is 371 Å². The lowest BCUT2D eigenvalue weighted by Gasteiger charge is -2.40. The number of aliphatic hydroxyl groups is 3. The average Bonchev–Trinajstić information content (AvgIpc) is 3.22. The van der Waals surface area contributed by atoms with Crippen molar-refractivity contribution in [1.82, 2.24) is 0 Å². The predicted octanol–water partition coefficient (Wildman–Crippen LogP) is 10.6. The third-order valence-electron chi connectivity index (χ3n) is 11.6. The Hall–Kier alpha value is -1.61. The van der Waals surface area contributed by atoms with Crippen molar-refractivity contribution in [2.45, 2.75) is 263 Å². The topological polar surface area (TPSA) is 186 Å². The van der Waals surface area contributed by atoms with Crippen LogP contribution in [0, 0.1) is 0 Å². The SMILES string of the molecule is CCCC/C=C\CCCCCCCC(=O)OC(COC(=O)CCCCCCCCCCCCCCCCCCCCCCCC)COC1OC(CS(=O)(=O)O)C(O)C(O)C1O. The highest BCUT2D eigenvalue weighted by Crippen LogP contribution is 2.24. The van der Waals surface area contributed by atoms with Gasteiger partial charge in [0.2, 0.25) is 0 Å². The molecule has 12 nitrogen and oxygen atoms in total. The summed E-state index contributed by atoms with van der Waals surface area (Å²) < 4.78 is 54.1. The number of hydrogen-bond acceptors (Lipinski definition) is 11. The van der Waals surface area contributed by atoms with Crippen molar-refractivity contribution in [3.05, 3.63) is 12.2 Å². The zero-order chi connectivity index (χ0) is 44.8. The van der Waals surface area contributed by atoms with Gasteiger partial charge in [-0.15, -0.1) is 0 Å². The van der Waals surface area contributed by atoms with Crippen LogP contribution in [-0.2, 0) is 38.7 Å². The number of hydrogen-bond donors (Lipinski definition) is 4. The lowest BCUT2D eigenvalue weighted by atomic mass is 10.00. The molecule has 1 aliphatic heterocycles. The smallest absolute Gasteiger partial charge is 0.306 e. The summed E-state index contributed by atoms with van der Waals surface area (Å²) in [4.78, 5) is 25.4. The highest BCUT2D eigenvalue weighted by molar-refractivity contribution is 7.85. The van der Waals surface area contributed by atoms with Gasteiger partial charge in [0.1, 0.15) is 36.8 Å². The van der Waals surface area contributed by atoms with E-state index in [0.717, 1.165) is 57.8 Å². The number of esters is 2. The van der Waals surface area contributed by atoms with Crippen LogP contribution in [0.1, 0.15) is 226 Å². The predicted molar refractivity (Wildman–Crippen MR) is 243 cm³/mol. The van der Waals surface area contributed by atoms with Gasteiger partial charge in [-0.1, -0.05) is 193 Å². The molecule has 61 heavy (non-hydrogen) atoms. The molecule has 6 unspecified atom stereocenters. The van der Waals surface area contributed by atoms with Crippen LogP contribution >= 0.6 is 0 Å². The lowest BCUT2D eigenvalue weighted by Crippen LogP contribution is -2.60. The lowest BCUT2D eigenvalue weighted by molar-refractivity contribution is -0.297. The molecule has 1 rings (SSSR count). The van der Waals surface area contributed by atoms with Crippen molar-refractivity contribution in [2.75, 3.05) is 19.0 Å². The quantitative estimate of drug-likeness (QED) is 0.0197. The second-order valence-electron chi connectivity index (χ2n) is 17.5. The molecule has 4 N–H and O–H groups in total. The maximum atomic E-state index is 12.8. The molecule has 0 saturated carbocycles. The third-order valence-corrected chi connectivity index (χ3v) is 12.3. The molecular weight excluding hydrogens is 801 g/mol. The van der Waals surface area contributed by atoms with E-state index < -0.39 is 71.2 Å². The first-order chi connectivity index (χ1) is 29.5. The van der Waals surface area contributed by atoms with Gasteiger partial charge in [0, 0.05) is 12.8 Å². The van der Waals surface area contributed by atoms with Crippen LogP contribution in [0.2, 0.25) is 0 Å². The van der Waals surface area contributed by atoms with Crippen LogP contribution in [0.5, 0.6) is 0 Å². The fraction of sp³-hybridized carbons (Fsp3) is 0.917. The maximum Gasteiger partial charge on any atom is 0.306 e. The molecule has 0 aromatic carbocycles. The van der Waals surface area contributed by atoms with Crippen LogP contribution < -0.4 is 0 Å². The third kappa shape index (κ3) is 33.6. The first-order valence-corrected chi connectivity index (χ1v) is 26.4. The molecule has 0 aromatic heterocycles. The largest absolute Gasteiger partial charge is 0.462 e. The Morgan fingerprint density at radius 2 is 0.951 bits per heavy atom. The van der Waals surface area contributed by atoms with Crippen molar-refractivity contribution in [2.24, 2.45) is 0 Å². The van der Waals surface area contributed by atoms with Crippen molar-refractivity contribution in [3.63, 3.8) is 0 Å². The Balaban J connectivity index is 2.31. The molecular formula is C48H90O12S. The molecule has 1 heterocycles. The van der Waals surface area contributed by atoms with Crippen LogP contribution in [0.4, 0.5) is 0 Å². The molecule has 360 valence electrons. The van der Waals surface area contributed by atoms with Gasteiger partial charge in [-0.2, -0.15) is 8.42 Å². The summed E-state index contributed by atoms with van der Waals surface area (Å²) in [5.74, 6) is -1.98. The minimum Gasteiger partial charge on any atom is -0.462 e. The first kappa shape index (κ1) is 57.4. The zero-order valence-corrected chi connectivity index (χ0v) is 39.4. The van der Waals surface area contributed by atoms with E-state index in [2.05, 4.69) is 26.0 Å². The van der Waals surface area contributed by atoms with E-state index in [0.29, 0.717) is 12.8 Å². The second-order valence-corrected chi connectivity index (χ2v) is 19.0. The zero-order valence-electron chi connectivity index (χ0n) is 38.5. The summed E-state index contributed by atoms with van der Waals surface area (Å²) >= 11 is 0. The van der Waals surface area contributed by atoms with E-state index in [4.69, 9.17) is 18.9 Å². The molecule has 0 aromatic rings. The monoisotopic (exact) mass is 891 g/mol. The molecule has 0 amide bonds. The molecule has 0 aliphatic carbocycles. The number of carbonyl (C=O) groups is 2. The van der Waals surface area contributed by atoms with Gasteiger partial charge in [-0.05, 0) is 32.1 Å². The van der Waals surface area contributed by atoms with E-state index in [1.54, 1.807) is 0 Å². The van der Waals surface area contributed by atoms with Gasteiger partial charge in [-0.3, -0.25) is 14.1 Å². The Morgan fingerprint density at radius 3 is 1.41 bits per heavy atom. The molecule has 1 fully saturated rings. The number of rotatable bonds is 42. The number of ether oxygens (including phenoxy) is 4. The van der Waals surface area contributed by atoms with Crippen molar-refractivity contribution >= 4 is 22.1 Å². The summed E-state index contributed by atoms with van der Waals surface area (Å²) in [5.41, 5.74) is 0. The summed E-state index contributed by atoms with van der Waals surface area (Å²) in [6.07, 6.45) is 32.7. The van der Waals surface area contributed by atoms with Gasteiger partial charge in [-0.25, -0.2) is 0 Å². The summed E-state index contributed by atoms with van der Waals surface area (Å²) in [5, 5.41) is 30.9. The fourth-order valence-corrected chi connectivity index (χ4v) is 8.41. The molecule has 1 saturated heterocycles. The number of aliphatic hydroxyl groups excluding tert-OH is 3. The Kier molecular flexibility index (Phi) is 36.5. The van der Waals surface area contributed by atoms with Gasteiger partial charge in [0.05, 0.1) is 6.61 Å². The second kappa shape index (κ2) is 38.8. The Morgan fingerprint density at radius 1 is 0.541 bits per heavy atom. The van der Waals surface area contributed by atoms with E-state index in [1.165, 1.54) is 128 Å². The van der Waals surface area contributed by atoms with Crippen LogP contribution in [-0.4, -0.2) is 96.0 Å². The van der Waals surface area contributed by atoms with Crippen LogP contribution in [0.3, 0.4) is 0 Å². The van der Waals surface area contributed by atoms with Crippen molar-refractivity contribution < 1.29 is 56.8 Å². The molecule has 0 bridgehead atoms. The van der Waals surface area contributed by atoms with Gasteiger partial charge in [0.25, 0.3) is 10.1 Å². The molecule has 0 spiro atoms. The van der Waals surface area contributed by atoms with E-state index >= 15 is 0 Å². The van der Waals surface area contributed by atoms with Gasteiger partial charge >= 0.3 is 11.9 Å². The van der Waals surface area contributed by atoms with E-state index in [1.807, 2.05) is 0 Å². The number of allylic oxidation sites excluding steroid dienone is 2. The Bertz CT molecular complexity index is 1180. The first-order valence-electron chi connectivity index (χ1n) is 24.7. The standard InChI is InChI=1S/C48H90O12S/c1-3-5-7-9-11-13-15-16-17-18-19-20-21-22-23-24-25-27-28-30-32-34-36-43(49)57-38-41(59-44(50)37-35-33-31-29-26-14-12-10-8-6-4-2)39-58-48-47(53)46(52)45(51)42(60-48)40-61(54,55)56/h10,12,41-42,45-48,51-53H,3-9,11,13-40H2,1-2H3,(H,54,55,56)/b12-10-. The molecule has 6 atom stereocenters. The minimum absolute atomic E-state index is 0.157. The fourth-order valence-electron chi connectivity index (χ4n) is 7.72. The van der Waals surface area contributed by atoms with Gasteiger partial charge < -0.3 is 34.3 Å². The number of carbonyl (C=O) groups excluding carboxylic acids is 2. The van der Waals surface area contributed by atoms with Crippen molar-refractivity contribution in [3.8, 4) is 0 Å². The molecule has 13 heteroatoms. The average molecular weight is 891 g/mol. The highest BCUT2D eigenvalue weighted by atomic mass is 32.2. The molecule has 0 radical (unpaired) electrons. The summed E-state index contributed by atoms with van der Waals surface area (Å²) in [6, 6.07) is 0. The highest BCUT2D eigenvalue weighted by Gasteiger charge is 2.46. The van der Waals surface area contributed by atoms with Crippen LogP contribution in [0.15, 0.2) is 12.2 Å². The summed E-state index contributed by atoms with van der Waals surface area (Å²) in [6.45, 7) is 3.74. The number of unbranched alkanes of at least 4 members (excludes halogenated alkanes) is 28. The van der Waals surface area contributed by atoms with E-state index in [-0.39, 0.29) is 19.4 Å². The van der Waals surface area contributed by atoms with Crippen molar-refractivity contribution in [1.29, 1.82) is 0 Å². The summed E-state index contributed by atoms with van der Waals surface area (Å²) in [7, 11) is -4.60. The van der Waals surface area contributed by atoms with Gasteiger partial charge in [0.15, 0.2) is 12.4 Å². The van der Waals surface area contributed by atoms with Crippen LogP contribution in [0.25, 0.3) is 0 Å².